The van der Waals surface area contributed by atoms with Gasteiger partial charge in [0.2, 0.25) is 0 Å². The summed E-state index contributed by atoms with van der Waals surface area (Å²) in [4.78, 5) is 43.4. The molecular weight excluding hydrogens is 504 g/mol. The van der Waals surface area contributed by atoms with Gasteiger partial charge in [-0.25, -0.2) is 9.79 Å². The van der Waals surface area contributed by atoms with Crippen LogP contribution < -0.4 is 24.4 Å². The lowest BCUT2D eigenvalue weighted by Crippen LogP contribution is -2.39. The molecule has 0 amide bonds. The number of rotatable bonds is 6. The van der Waals surface area contributed by atoms with Gasteiger partial charge in [-0.1, -0.05) is 47.2 Å². The number of hydrogen-bond donors (Lipinski definition) is 0. The average molecular weight is 527 g/mol. The second-order valence-corrected chi connectivity index (χ2v) is 9.27. The summed E-state index contributed by atoms with van der Waals surface area (Å²) in [5.41, 5.74) is 1.55. The molecule has 0 fully saturated rings. The van der Waals surface area contributed by atoms with Crippen molar-refractivity contribution in [2.75, 3.05) is 13.7 Å². The Labute approximate surface area is 215 Å². The van der Waals surface area contributed by atoms with E-state index in [2.05, 4.69) is 4.99 Å². The molecule has 36 heavy (non-hydrogen) atoms. The molecule has 186 valence electrons. The summed E-state index contributed by atoms with van der Waals surface area (Å²) in [5, 5.41) is 0.528. The second-order valence-electron chi connectivity index (χ2n) is 7.83. The monoisotopic (exact) mass is 526 g/mol. The van der Waals surface area contributed by atoms with Crippen LogP contribution in [0, 0.1) is 0 Å². The van der Waals surface area contributed by atoms with Gasteiger partial charge in [0.15, 0.2) is 16.3 Å². The molecule has 8 nitrogen and oxygen atoms in total. The molecule has 4 rings (SSSR count). The largest absolute Gasteiger partial charge is 0.493 e. The number of halogens is 1. The molecule has 0 N–H and O–H groups in total. The summed E-state index contributed by atoms with van der Waals surface area (Å²) < 4.78 is 17.8. The zero-order valence-electron chi connectivity index (χ0n) is 20.0. The van der Waals surface area contributed by atoms with E-state index >= 15 is 0 Å². The number of thiazole rings is 1. The number of para-hydroxylation sites is 1. The van der Waals surface area contributed by atoms with E-state index in [0.29, 0.717) is 36.9 Å². The number of methoxy groups -OCH3 is 1. The Morgan fingerprint density at radius 2 is 1.92 bits per heavy atom. The molecule has 0 saturated heterocycles. The molecule has 2 heterocycles. The average Bonchev–Trinajstić information content (AvgIpc) is 3.14. The van der Waals surface area contributed by atoms with Crippen LogP contribution in [0.5, 0.6) is 11.5 Å². The van der Waals surface area contributed by atoms with Crippen molar-refractivity contribution in [3.8, 4) is 11.5 Å². The Morgan fingerprint density at radius 1 is 1.19 bits per heavy atom. The summed E-state index contributed by atoms with van der Waals surface area (Å²) in [5.74, 6) is -0.506. The van der Waals surface area contributed by atoms with Crippen LogP contribution >= 0.6 is 22.9 Å². The Kier molecular flexibility index (Phi) is 7.42. The van der Waals surface area contributed by atoms with Crippen LogP contribution in [0.15, 0.2) is 63.5 Å². The number of aromatic nitrogens is 1. The molecule has 0 radical (unpaired) electrons. The van der Waals surface area contributed by atoms with Crippen LogP contribution in [0.4, 0.5) is 0 Å². The molecule has 1 unspecified atom stereocenters. The van der Waals surface area contributed by atoms with E-state index < -0.39 is 18.0 Å². The predicted molar refractivity (Wildman–Crippen MR) is 136 cm³/mol. The van der Waals surface area contributed by atoms with Gasteiger partial charge >= 0.3 is 11.9 Å². The molecule has 1 aliphatic rings. The van der Waals surface area contributed by atoms with Crippen LogP contribution in [0.25, 0.3) is 6.08 Å². The van der Waals surface area contributed by atoms with Crippen molar-refractivity contribution in [1.82, 2.24) is 4.57 Å². The zero-order valence-corrected chi connectivity index (χ0v) is 21.6. The Balaban J connectivity index is 1.96. The predicted octanol–water partition coefficient (Wildman–Crippen LogP) is 3.39. The van der Waals surface area contributed by atoms with E-state index in [1.54, 1.807) is 62.4 Å². The minimum atomic E-state index is -0.752. The molecule has 0 bridgehead atoms. The molecule has 2 aromatic carbocycles. The number of nitrogens with zero attached hydrogens (tertiary/aromatic N) is 2. The van der Waals surface area contributed by atoms with Crippen molar-refractivity contribution in [2.45, 2.75) is 26.8 Å². The van der Waals surface area contributed by atoms with Gasteiger partial charge in [-0.3, -0.25) is 14.2 Å². The van der Waals surface area contributed by atoms with Crippen molar-refractivity contribution in [1.29, 1.82) is 0 Å². The van der Waals surface area contributed by atoms with Crippen LogP contribution in [0.1, 0.15) is 37.9 Å². The van der Waals surface area contributed by atoms with Crippen molar-refractivity contribution < 1.29 is 23.8 Å². The third-order valence-corrected chi connectivity index (χ3v) is 6.70. The number of carbonyl (C=O) groups is 2. The highest BCUT2D eigenvalue weighted by molar-refractivity contribution is 7.07. The van der Waals surface area contributed by atoms with Gasteiger partial charge in [-0.05, 0) is 43.7 Å². The van der Waals surface area contributed by atoms with E-state index in [1.165, 1.54) is 18.6 Å². The number of fused-ring (bicyclic) bond motifs is 1. The maximum absolute atomic E-state index is 13.7. The third-order valence-electron chi connectivity index (χ3n) is 5.46. The molecule has 0 saturated carbocycles. The minimum absolute atomic E-state index is 0.183. The number of hydrogen-bond acceptors (Lipinski definition) is 8. The standard InChI is InChI=1S/C26H23ClN2O6S/c1-5-34-25(32)21-14(2)28-26-29(22(21)16-9-11-18(27)12-10-16)24(31)20(36-26)13-17-7-6-8-19(33-4)23(17)35-15(3)30/h6-13,22H,5H2,1-4H3. The first-order valence-corrected chi connectivity index (χ1v) is 12.2. The number of allylic oxidation sites excluding steroid dienone is 1. The molecule has 1 aromatic heterocycles. The van der Waals surface area contributed by atoms with E-state index in [4.69, 9.17) is 25.8 Å². The normalized spacial score (nSPS) is 15.2. The third kappa shape index (κ3) is 4.84. The maximum Gasteiger partial charge on any atom is 0.338 e. The Hall–Kier alpha value is -3.69. The van der Waals surface area contributed by atoms with Gasteiger partial charge in [0, 0.05) is 17.5 Å². The molecule has 1 aliphatic heterocycles. The number of benzene rings is 2. The van der Waals surface area contributed by atoms with Crippen LogP contribution in [-0.4, -0.2) is 30.2 Å². The van der Waals surface area contributed by atoms with Crippen molar-refractivity contribution in [2.24, 2.45) is 4.99 Å². The van der Waals surface area contributed by atoms with E-state index in [1.807, 2.05) is 0 Å². The first-order valence-electron chi connectivity index (χ1n) is 11.1. The quantitative estimate of drug-likeness (QED) is 0.361. The second kappa shape index (κ2) is 10.5. The lowest BCUT2D eigenvalue weighted by atomic mass is 9.96. The summed E-state index contributed by atoms with van der Waals surface area (Å²) in [6.45, 7) is 4.90. The minimum Gasteiger partial charge on any atom is -0.493 e. The fourth-order valence-electron chi connectivity index (χ4n) is 3.95. The number of esters is 2. The first-order chi connectivity index (χ1) is 17.2. The Bertz CT molecular complexity index is 1550. The summed E-state index contributed by atoms with van der Waals surface area (Å²) in [6.07, 6.45) is 1.62. The highest BCUT2D eigenvalue weighted by atomic mass is 35.5. The first kappa shape index (κ1) is 25.4. The molecule has 1 atom stereocenters. The fourth-order valence-corrected chi connectivity index (χ4v) is 5.12. The molecule has 10 heteroatoms. The van der Waals surface area contributed by atoms with Gasteiger partial charge in [-0.2, -0.15) is 0 Å². The van der Waals surface area contributed by atoms with Gasteiger partial charge in [0.25, 0.3) is 5.56 Å². The van der Waals surface area contributed by atoms with Crippen molar-refractivity contribution >= 4 is 41.0 Å². The molecule has 0 spiro atoms. The van der Waals surface area contributed by atoms with Gasteiger partial charge in [-0.15, -0.1) is 0 Å². The molecule has 0 aliphatic carbocycles. The van der Waals surface area contributed by atoms with E-state index in [9.17, 15) is 14.4 Å². The van der Waals surface area contributed by atoms with Gasteiger partial charge in [0.05, 0.1) is 35.6 Å². The fraction of sp³-hybridized carbons (Fsp3) is 0.231. The number of carbonyl (C=O) groups excluding carboxylic acids is 2. The van der Waals surface area contributed by atoms with Crippen molar-refractivity contribution in [3.05, 3.63) is 89.6 Å². The van der Waals surface area contributed by atoms with Gasteiger partial charge in [0.1, 0.15) is 0 Å². The maximum atomic E-state index is 13.7. The van der Waals surface area contributed by atoms with Crippen LogP contribution in [0.2, 0.25) is 5.02 Å². The topological polar surface area (TPSA) is 96.2 Å². The molecular formula is C26H23ClN2O6S. The smallest absolute Gasteiger partial charge is 0.338 e. The van der Waals surface area contributed by atoms with E-state index in [0.717, 1.165) is 11.3 Å². The lowest BCUT2D eigenvalue weighted by Gasteiger charge is -2.24. The zero-order chi connectivity index (χ0) is 26.0. The highest BCUT2D eigenvalue weighted by Crippen LogP contribution is 2.33. The van der Waals surface area contributed by atoms with E-state index in [-0.39, 0.29) is 23.5 Å². The van der Waals surface area contributed by atoms with Crippen LogP contribution in [-0.2, 0) is 14.3 Å². The molecule has 3 aromatic rings. The summed E-state index contributed by atoms with van der Waals surface area (Å²) in [6, 6.07) is 11.3. The van der Waals surface area contributed by atoms with Crippen molar-refractivity contribution in [3.63, 3.8) is 0 Å². The van der Waals surface area contributed by atoms with Crippen LogP contribution in [0.3, 0.4) is 0 Å². The Morgan fingerprint density at radius 3 is 2.56 bits per heavy atom. The summed E-state index contributed by atoms with van der Waals surface area (Å²) in [7, 11) is 1.46. The SMILES string of the molecule is CCOC(=O)C1=C(C)N=c2sc(=Cc3cccc(OC)c3OC(C)=O)c(=O)n2C1c1ccc(Cl)cc1. The lowest BCUT2D eigenvalue weighted by molar-refractivity contribution is -0.139. The summed E-state index contributed by atoms with van der Waals surface area (Å²) >= 11 is 7.25. The highest BCUT2D eigenvalue weighted by Gasteiger charge is 2.33. The van der Waals surface area contributed by atoms with Gasteiger partial charge < -0.3 is 14.2 Å². The number of ether oxygens (including phenoxy) is 3.